The maximum Gasteiger partial charge on any atom is 0.417 e. The molecular weight excluding hydrogens is 337 g/mol. The minimum absolute atomic E-state index is 0.0101. The molecule has 0 aliphatic rings. The molecule has 1 aromatic heterocycles. The summed E-state index contributed by atoms with van der Waals surface area (Å²) in [5.41, 5.74) is 4.23. The topological polar surface area (TPSA) is 78.4 Å². The average Bonchev–Trinajstić information content (AvgIpc) is 3.01. The van der Waals surface area contributed by atoms with Crippen LogP contribution < -0.4 is 10.5 Å². The lowest BCUT2D eigenvalue weighted by molar-refractivity contribution is -0.137. The number of alkyl halides is 3. The third-order valence-electron chi connectivity index (χ3n) is 3.67. The Hall–Kier alpha value is -2.51. The van der Waals surface area contributed by atoms with Gasteiger partial charge >= 0.3 is 6.18 Å². The summed E-state index contributed by atoms with van der Waals surface area (Å²) in [5, 5.41) is 3.68. The molecule has 0 aliphatic carbocycles. The van der Waals surface area contributed by atoms with Crippen molar-refractivity contribution in [1.82, 2.24) is 5.16 Å². The number of halogens is 3. The first-order valence-electron chi connectivity index (χ1n) is 7.88. The Labute approximate surface area is 142 Å². The van der Waals surface area contributed by atoms with E-state index in [9.17, 15) is 18.0 Å². The van der Waals surface area contributed by atoms with Crippen molar-refractivity contribution in [3.63, 3.8) is 0 Å². The molecule has 0 fully saturated rings. The number of ether oxygens (including phenoxy) is 1. The third-order valence-corrected chi connectivity index (χ3v) is 3.67. The normalized spacial score (nSPS) is 12.8. The number of amides is 1. The van der Waals surface area contributed by atoms with Crippen LogP contribution in [-0.4, -0.2) is 17.7 Å². The van der Waals surface area contributed by atoms with Gasteiger partial charge in [0.2, 0.25) is 5.91 Å². The van der Waals surface area contributed by atoms with E-state index in [1.165, 1.54) is 18.2 Å². The van der Waals surface area contributed by atoms with Crippen LogP contribution in [0.3, 0.4) is 0 Å². The van der Waals surface area contributed by atoms with E-state index in [1.54, 1.807) is 6.92 Å². The van der Waals surface area contributed by atoms with E-state index in [0.717, 1.165) is 6.07 Å². The van der Waals surface area contributed by atoms with Crippen molar-refractivity contribution in [1.29, 1.82) is 0 Å². The van der Waals surface area contributed by atoms with Crippen LogP contribution >= 0.6 is 0 Å². The van der Waals surface area contributed by atoms with Gasteiger partial charge in [-0.2, -0.15) is 13.2 Å². The average molecular weight is 356 g/mol. The first-order chi connectivity index (χ1) is 11.8. The van der Waals surface area contributed by atoms with Crippen molar-refractivity contribution in [2.24, 2.45) is 5.73 Å². The second-order valence-corrected chi connectivity index (χ2v) is 5.53. The van der Waals surface area contributed by atoms with Gasteiger partial charge in [-0.15, -0.1) is 0 Å². The zero-order valence-corrected chi connectivity index (χ0v) is 13.9. The number of nitrogens with two attached hydrogens (primary N) is 1. The summed E-state index contributed by atoms with van der Waals surface area (Å²) in [6, 6.07) is 4.97. The van der Waals surface area contributed by atoms with Crippen molar-refractivity contribution in [2.75, 3.05) is 6.61 Å². The molecule has 1 heterocycles. The van der Waals surface area contributed by atoms with Crippen LogP contribution in [0.4, 0.5) is 13.2 Å². The lowest BCUT2D eigenvalue weighted by Crippen LogP contribution is -2.20. The quantitative estimate of drug-likeness (QED) is 0.809. The fourth-order valence-electron chi connectivity index (χ4n) is 2.41. The maximum atomic E-state index is 13.4. The number of aromatic nitrogens is 1. The van der Waals surface area contributed by atoms with E-state index in [-0.39, 0.29) is 22.8 Å². The molecule has 0 spiro atoms. The predicted molar refractivity (Wildman–Crippen MR) is 85.0 cm³/mol. The fourth-order valence-corrected chi connectivity index (χ4v) is 2.41. The molecule has 1 aromatic carbocycles. The summed E-state index contributed by atoms with van der Waals surface area (Å²) in [5.74, 6) is -1.08. The fraction of sp³-hybridized carbons (Fsp3) is 0.412. The molecule has 2 N–H and O–H groups in total. The van der Waals surface area contributed by atoms with Crippen molar-refractivity contribution >= 4 is 5.91 Å². The molecule has 2 aromatic rings. The van der Waals surface area contributed by atoms with Gasteiger partial charge in [0, 0.05) is 11.6 Å². The Morgan fingerprint density at radius 1 is 1.32 bits per heavy atom. The van der Waals surface area contributed by atoms with Crippen LogP contribution in [0.25, 0.3) is 11.3 Å². The van der Waals surface area contributed by atoms with Crippen LogP contribution in [-0.2, 0) is 11.0 Å². The Morgan fingerprint density at radius 3 is 2.60 bits per heavy atom. The van der Waals surface area contributed by atoms with Crippen molar-refractivity contribution in [3.8, 4) is 17.0 Å². The Kier molecular flexibility index (Phi) is 5.71. The molecular formula is C17H19F3N2O3. The van der Waals surface area contributed by atoms with Gasteiger partial charge in [0.15, 0.2) is 0 Å². The molecule has 0 aliphatic heterocycles. The van der Waals surface area contributed by atoms with Gasteiger partial charge in [0.05, 0.1) is 18.1 Å². The van der Waals surface area contributed by atoms with Crippen molar-refractivity contribution in [3.05, 3.63) is 35.6 Å². The van der Waals surface area contributed by atoms with E-state index in [2.05, 4.69) is 5.16 Å². The first kappa shape index (κ1) is 18.8. The Balaban J connectivity index is 2.45. The molecule has 0 radical (unpaired) electrons. The minimum atomic E-state index is -4.59. The van der Waals surface area contributed by atoms with E-state index in [0.29, 0.717) is 19.4 Å². The highest BCUT2D eigenvalue weighted by Crippen LogP contribution is 2.39. The molecule has 1 amide bonds. The smallest absolute Gasteiger partial charge is 0.417 e. The molecule has 0 saturated carbocycles. The number of hydrogen-bond acceptors (Lipinski definition) is 4. The summed E-state index contributed by atoms with van der Waals surface area (Å²) in [6.45, 7) is 3.90. The van der Waals surface area contributed by atoms with E-state index in [1.807, 2.05) is 6.92 Å². The van der Waals surface area contributed by atoms with E-state index >= 15 is 0 Å². The standard InChI is InChI=1S/C17H19F3N2O3/c1-3-7-24-10-5-6-12(13(8-10)17(18,19)20)14-9-15(25-22-14)11(4-2)16(21)23/h5-6,8-9,11H,3-4,7H2,1-2H3,(H2,21,23). The largest absolute Gasteiger partial charge is 0.494 e. The van der Waals surface area contributed by atoms with Gasteiger partial charge in [-0.25, -0.2) is 0 Å². The molecule has 8 heteroatoms. The van der Waals surface area contributed by atoms with Crippen LogP contribution in [0.5, 0.6) is 5.75 Å². The van der Waals surface area contributed by atoms with Gasteiger partial charge in [0.25, 0.3) is 0 Å². The zero-order chi connectivity index (χ0) is 18.6. The Bertz CT molecular complexity index is 741. The van der Waals surface area contributed by atoms with Gasteiger partial charge in [-0.05, 0) is 31.0 Å². The highest BCUT2D eigenvalue weighted by molar-refractivity contribution is 5.81. The predicted octanol–water partition coefficient (Wildman–Crippen LogP) is 4.13. The molecule has 0 saturated heterocycles. The molecule has 1 unspecified atom stereocenters. The van der Waals surface area contributed by atoms with E-state index < -0.39 is 23.6 Å². The van der Waals surface area contributed by atoms with Gasteiger partial charge in [0.1, 0.15) is 17.2 Å². The lowest BCUT2D eigenvalue weighted by Gasteiger charge is -2.13. The van der Waals surface area contributed by atoms with Crippen LogP contribution in [0.2, 0.25) is 0 Å². The van der Waals surface area contributed by atoms with E-state index in [4.69, 9.17) is 15.0 Å². The second kappa shape index (κ2) is 7.58. The summed E-state index contributed by atoms with van der Waals surface area (Å²) < 4.78 is 50.5. The number of nitrogens with zero attached hydrogens (tertiary/aromatic N) is 1. The summed E-state index contributed by atoms with van der Waals surface area (Å²) in [7, 11) is 0. The number of rotatable bonds is 7. The number of benzene rings is 1. The molecule has 1 atom stereocenters. The third kappa shape index (κ3) is 4.32. The van der Waals surface area contributed by atoms with Crippen molar-refractivity contribution < 1.29 is 27.2 Å². The lowest BCUT2D eigenvalue weighted by atomic mass is 9.99. The second-order valence-electron chi connectivity index (χ2n) is 5.53. The number of carbonyl (C=O) groups is 1. The molecule has 5 nitrogen and oxygen atoms in total. The summed E-state index contributed by atoms with van der Waals surface area (Å²) in [4.78, 5) is 11.4. The van der Waals surface area contributed by atoms with Gasteiger partial charge < -0.3 is 15.0 Å². The van der Waals surface area contributed by atoms with Crippen LogP contribution in [0.1, 0.15) is 43.9 Å². The Morgan fingerprint density at radius 2 is 2.04 bits per heavy atom. The summed E-state index contributed by atoms with van der Waals surface area (Å²) >= 11 is 0. The van der Waals surface area contributed by atoms with Crippen LogP contribution in [0.15, 0.2) is 28.8 Å². The minimum Gasteiger partial charge on any atom is -0.494 e. The number of hydrogen-bond donors (Lipinski definition) is 1. The maximum absolute atomic E-state index is 13.4. The van der Waals surface area contributed by atoms with Crippen LogP contribution in [0, 0.1) is 0 Å². The molecule has 2 rings (SSSR count). The highest BCUT2D eigenvalue weighted by Gasteiger charge is 2.35. The summed E-state index contributed by atoms with van der Waals surface area (Å²) in [6.07, 6.45) is -3.55. The van der Waals surface area contributed by atoms with Gasteiger partial charge in [-0.3, -0.25) is 4.79 Å². The zero-order valence-electron chi connectivity index (χ0n) is 13.9. The first-order valence-corrected chi connectivity index (χ1v) is 7.88. The molecule has 0 bridgehead atoms. The van der Waals surface area contributed by atoms with Crippen molar-refractivity contribution in [2.45, 2.75) is 38.8 Å². The number of primary amides is 1. The molecule has 25 heavy (non-hydrogen) atoms. The molecule has 136 valence electrons. The highest BCUT2D eigenvalue weighted by atomic mass is 19.4. The SMILES string of the molecule is CCCOc1ccc(-c2cc(C(CC)C(N)=O)on2)c(C(F)(F)F)c1. The monoisotopic (exact) mass is 356 g/mol. The van der Waals surface area contributed by atoms with Gasteiger partial charge in [-0.1, -0.05) is 19.0 Å². The number of carbonyl (C=O) groups excluding carboxylic acids is 1.